The van der Waals surface area contributed by atoms with Crippen LogP contribution in [0.1, 0.15) is 53.6 Å². The van der Waals surface area contributed by atoms with Crippen LogP contribution in [-0.4, -0.2) is 52.2 Å². The third-order valence-electron chi connectivity index (χ3n) is 6.52. The number of rotatable bonds is 14. The molecule has 11 heteroatoms. The number of nitrogens with one attached hydrogen (secondary N) is 2. The van der Waals surface area contributed by atoms with E-state index in [0.29, 0.717) is 53.6 Å². The first-order chi connectivity index (χ1) is 21.2. The van der Waals surface area contributed by atoms with Crippen molar-refractivity contribution in [2.75, 3.05) is 30.9 Å². The van der Waals surface area contributed by atoms with Gasteiger partial charge in [0.1, 0.15) is 0 Å². The minimum atomic E-state index is -0.336. The molecule has 0 radical (unpaired) electrons. The highest BCUT2D eigenvalue weighted by Crippen LogP contribution is 2.39. The van der Waals surface area contributed by atoms with Gasteiger partial charge in [-0.15, -0.1) is 10.2 Å². The van der Waals surface area contributed by atoms with E-state index < -0.39 is 0 Å². The van der Waals surface area contributed by atoms with E-state index in [-0.39, 0.29) is 24.1 Å². The normalized spacial score (nSPS) is 10.8. The fourth-order valence-electron chi connectivity index (χ4n) is 4.54. The quantitative estimate of drug-likeness (QED) is 0.164. The molecular formula is C33H39N5O5S. The molecular weight excluding hydrogens is 578 g/mol. The number of aromatic nitrogens is 3. The molecule has 1 heterocycles. The number of anilines is 1. The van der Waals surface area contributed by atoms with E-state index in [2.05, 4.69) is 20.8 Å². The van der Waals surface area contributed by atoms with Crippen LogP contribution in [0, 0.1) is 20.8 Å². The van der Waals surface area contributed by atoms with Crippen molar-refractivity contribution in [1.82, 2.24) is 20.1 Å². The van der Waals surface area contributed by atoms with Crippen molar-refractivity contribution in [3.05, 3.63) is 82.7 Å². The minimum absolute atomic E-state index is 0.0937. The van der Waals surface area contributed by atoms with E-state index in [4.69, 9.17) is 14.2 Å². The molecule has 0 saturated carbocycles. The summed E-state index contributed by atoms with van der Waals surface area (Å²) in [5.41, 5.74) is 5.10. The summed E-state index contributed by atoms with van der Waals surface area (Å²) in [7, 11) is 0. The molecule has 0 aliphatic heterocycles. The molecule has 4 aromatic rings. The number of ether oxygens (including phenoxy) is 3. The largest absolute Gasteiger partial charge is 0.490 e. The van der Waals surface area contributed by atoms with Gasteiger partial charge in [-0.1, -0.05) is 36.0 Å². The Labute approximate surface area is 262 Å². The molecule has 1 aromatic heterocycles. The summed E-state index contributed by atoms with van der Waals surface area (Å²) in [6.07, 6.45) is 0. The van der Waals surface area contributed by atoms with Gasteiger partial charge in [0.25, 0.3) is 5.91 Å². The second-order valence-corrected chi connectivity index (χ2v) is 11.0. The summed E-state index contributed by atoms with van der Waals surface area (Å²) < 4.78 is 19.2. The summed E-state index contributed by atoms with van der Waals surface area (Å²) >= 11 is 1.28. The third kappa shape index (κ3) is 8.10. The van der Waals surface area contributed by atoms with Crippen molar-refractivity contribution < 1.29 is 23.8 Å². The zero-order valence-electron chi connectivity index (χ0n) is 26.0. The van der Waals surface area contributed by atoms with Crippen LogP contribution in [0.5, 0.6) is 17.2 Å². The Kier molecular flexibility index (Phi) is 11.3. The van der Waals surface area contributed by atoms with Gasteiger partial charge in [0.05, 0.1) is 37.8 Å². The van der Waals surface area contributed by atoms with Gasteiger partial charge in [-0.3, -0.25) is 14.2 Å². The van der Waals surface area contributed by atoms with Crippen LogP contribution >= 0.6 is 11.8 Å². The van der Waals surface area contributed by atoms with Gasteiger partial charge in [0.2, 0.25) is 11.7 Å². The van der Waals surface area contributed by atoms with E-state index >= 15 is 0 Å². The number of hydrogen-bond donors (Lipinski definition) is 2. The molecule has 0 aliphatic carbocycles. The maximum atomic E-state index is 13.4. The van der Waals surface area contributed by atoms with Crippen molar-refractivity contribution in [3.8, 4) is 22.9 Å². The van der Waals surface area contributed by atoms with E-state index in [1.807, 2.05) is 88.6 Å². The zero-order chi connectivity index (χ0) is 31.6. The summed E-state index contributed by atoms with van der Waals surface area (Å²) in [5, 5.41) is 15.3. The number of amides is 2. The molecule has 0 unspecified atom stereocenters. The fraction of sp³-hybridized carbons (Fsp3) is 0.333. The number of carbonyl (C=O) groups excluding carboxylic acids is 2. The van der Waals surface area contributed by atoms with Crippen LogP contribution < -0.4 is 24.8 Å². The van der Waals surface area contributed by atoms with Crippen LogP contribution in [-0.2, 0) is 11.3 Å². The number of benzene rings is 3. The molecule has 0 bridgehead atoms. The van der Waals surface area contributed by atoms with Crippen molar-refractivity contribution in [3.63, 3.8) is 0 Å². The molecule has 4 rings (SSSR count). The SMILES string of the molecule is CCOc1cc(C(=O)NCc2nnc(SCC(=O)Nc3cccc(C)c3)n2-c2cc(C)ccc2C)cc(OCC)c1OCC. The first-order valence-electron chi connectivity index (χ1n) is 14.6. The van der Waals surface area contributed by atoms with Crippen molar-refractivity contribution in [2.24, 2.45) is 0 Å². The molecule has 0 aliphatic rings. The Morgan fingerprint density at radius 2 is 1.52 bits per heavy atom. The first kappa shape index (κ1) is 32.4. The van der Waals surface area contributed by atoms with Crippen molar-refractivity contribution in [1.29, 1.82) is 0 Å². The number of nitrogens with zero attached hydrogens (tertiary/aromatic N) is 3. The summed E-state index contributed by atoms with van der Waals surface area (Å²) in [6.45, 7) is 12.9. The van der Waals surface area contributed by atoms with Crippen LogP contribution in [0.2, 0.25) is 0 Å². The Morgan fingerprint density at radius 1 is 0.841 bits per heavy atom. The highest BCUT2D eigenvalue weighted by Gasteiger charge is 2.21. The first-order valence-corrected chi connectivity index (χ1v) is 15.6. The number of carbonyl (C=O) groups is 2. The van der Waals surface area contributed by atoms with E-state index in [1.165, 1.54) is 11.8 Å². The molecule has 2 N–H and O–H groups in total. The zero-order valence-corrected chi connectivity index (χ0v) is 26.8. The van der Waals surface area contributed by atoms with Gasteiger partial charge in [-0.05, 0) is 88.6 Å². The van der Waals surface area contributed by atoms with Crippen LogP contribution in [0.3, 0.4) is 0 Å². The van der Waals surface area contributed by atoms with Crippen LogP contribution in [0.4, 0.5) is 5.69 Å². The Morgan fingerprint density at radius 3 is 2.18 bits per heavy atom. The summed E-state index contributed by atoms with van der Waals surface area (Å²) in [4.78, 5) is 26.2. The third-order valence-corrected chi connectivity index (χ3v) is 7.45. The predicted molar refractivity (Wildman–Crippen MR) is 172 cm³/mol. The minimum Gasteiger partial charge on any atom is -0.490 e. The number of thioether (sulfide) groups is 1. The van der Waals surface area contributed by atoms with Crippen LogP contribution in [0.15, 0.2) is 59.8 Å². The molecule has 10 nitrogen and oxygen atoms in total. The average molecular weight is 618 g/mol. The van der Waals surface area contributed by atoms with Gasteiger partial charge in [0, 0.05) is 11.3 Å². The van der Waals surface area contributed by atoms with Crippen molar-refractivity contribution in [2.45, 2.75) is 53.2 Å². The molecule has 3 aromatic carbocycles. The topological polar surface area (TPSA) is 117 Å². The highest BCUT2D eigenvalue weighted by molar-refractivity contribution is 7.99. The van der Waals surface area contributed by atoms with Crippen LogP contribution in [0.25, 0.3) is 5.69 Å². The lowest BCUT2D eigenvalue weighted by molar-refractivity contribution is -0.113. The standard InChI is InChI=1S/C33H39N5O5S/c1-7-41-27-17-24(18-28(42-8-2)31(27)43-9-3)32(40)34-19-29-36-37-33(38(29)26-16-22(5)13-14-23(26)6)44-20-30(39)35-25-12-10-11-21(4)15-25/h10-18H,7-9,19-20H2,1-6H3,(H,34,40)(H,35,39). The van der Waals surface area contributed by atoms with E-state index in [1.54, 1.807) is 12.1 Å². The lowest BCUT2D eigenvalue weighted by Crippen LogP contribution is -2.25. The van der Waals surface area contributed by atoms with E-state index in [9.17, 15) is 9.59 Å². The second kappa shape index (κ2) is 15.3. The Balaban J connectivity index is 1.58. The second-order valence-electron chi connectivity index (χ2n) is 10.0. The molecule has 0 fully saturated rings. The number of aryl methyl sites for hydroxylation is 3. The number of hydrogen-bond acceptors (Lipinski definition) is 8. The maximum absolute atomic E-state index is 13.4. The Hall–Kier alpha value is -4.51. The van der Waals surface area contributed by atoms with Gasteiger partial charge in [-0.25, -0.2) is 0 Å². The average Bonchev–Trinajstić information content (AvgIpc) is 3.40. The van der Waals surface area contributed by atoms with Gasteiger partial charge in [0.15, 0.2) is 22.5 Å². The lowest BCUT2D eigenvalue weighted by atomic mass is 10.1. The molecule has 0 spiro atoms. The molecule has 0 atom stereocenters. The van der Waals surface area contributed by atoms with E-state index in [0.717, 1.165) is 28.1 Å². The lowest BCUT2D eigenvalue weighted by Gasteiger charge is -2.17. The molecule has 2 amide bonds. The van der Waals surface area contributed by atoms with Gasteiger partial charge >= 0.3 is 0 Å². The Bertz CT molecular complexity index is 1590. The fourth-order valence-corrected chi connectivity index (χ4v) is 5.31. The smallest absolute Gasteiger partial charge is 0.251 e. The summed E-state index contributed by atoms with van der Waals surface area (Å²) in [5.74, 6) is 1.51. The maximum Gasteiger partial charge on any atom is 0.251 e. The molecule has 0 saturated heterocycles. The highest BCUT2D eigenvalue weighted by atomic mass is 32.2. The van der Waals surface area contributed by atoms with Gasteiger partial charge < -0.3 is 24.8 Å². The molecule has 232 valence electrons. The monoisotopic (exact) mass is 617 g/mol. The van der Waals surface area contributed by atoms with Crippen molar-refractivity contribution >= 4 is 29.3 Å². The predicted octanol–water partition coefficient (Wildman–Crippen LogP) is 6.05. The molecule has 44 heavy (non-hydrogen) atoms. The van der Waals surface area contributed by atoms with Gasteiger partial charge in [-0.2, -0.15) is 0 Å². The summed E-state index contributed by atoms with van der Waals surface area (Å²) in [6, 6.07) is 17.0.